The molecule has 2 atom stereocenters. The van der Waals surface area contributed by atoms with Crippen molar-refractivity contribution in [3.63, 3.8) is 0 Å². The molecular weight excluding hydrogens is 152 g/mol. The molecule has 0 aliphatic heterocycles. The number of aliphatic hydroxyl groups is 1. The van der Waals surface area contributed by atoms with E-state index in [-0.39, 0.29) is 6.10 Å². The van der Waals surface area contributed by atoms with Crippen molar-refractivity contribution >= 4 is 0 Å². The first-order valence-electron chi connectivity index (χ1n) is 4.73. The lowest BCUT2D eigenvalue weighted by atomic mass is 10.0. The molecule has 0 aromatic heterocycles. The molecule has 0 rings (SSSR count). The predicted molar refractivity (Wildman–Crippen MR) is 51.2 cm³/mol. The molecule has 2 unspecified atom stereocenters. The Balaban J connectivity index is 3.66. The number of ether oxygens (including phenoxy) is 1. The van der Waals surface area contributed by atoms with Crippen molar-refractivity contribution in [3.05, 3.63) is 0 Å². The van der Waals surface area contributed by atoms with E-state index >= 15 is 0 Å². The van der Waals surface area contributed by atoms with Gasteiger partial charge in [-0.05, 0) is 34.1 Å². The lowest BCUT2D eigenvalue weighted by molar-refractivity contribution is -0.0427. The van der Waals surface area contributed by atoms with Crippen LogP contribution in [0, 0.1) is 0 Å². The summed E-state index contributed by atoms with van der Waals surface area (Å²) in [5.74, 6) is 0. The number of hydrogen-bond donors (Lipinski definition) is 1. The third-order valence-corrected chi connectivity index (χ3v) is 1.83. The summed E-state index contributed by atoms with van der Waals surface area (Å²) in [5.41, 5.74) is -0.618. The third-order valence-electron chi connectivity index (χ3n) is 1.83. The van der Waals surface area contributed by atoms with Crippen molar-refractivity contribution in [1.29, 1.82) is 0 Å². The molecule has 0 saturated carbocycles. The molecule has 0 amide bonds. The summed E-state index contributed by atoms with van der Waals surface area (Å²) in [5, 5.41) is 9.49. The van der Waals surface area contributed by atoms with Gasteiger partial charge in [0.15, 0.2) is 0 Å². The fraction of sp³-hybridized carbons (Fsp3) is 1.00. The zero-order valence-corrected chi connectivity index (χ0v) is 8.92. The van der Waals surface area contributed by atoms with Crippen molar-refractivity contribution in [3.8, 4) is 0 Å². The van der Waals surface area contributed by atoms with Crippen LogP contribution in [0.3, 0.4) is 0 Å². The van der Waals surface area contributed by atoms with E-state index in [0.29, 0.717) is 12.5 Å². The van der Waals surface area contributed by atoms with E-state index in [0.717, 1.165) is 6.42 Å². The summed E-state index contributed by atoms with van der Waals surface area (Å²) in [7, 11) is 0. The van der Waals surface area contributed by atoms with Crippen molar-refractivity contribution in [2.75, 3.05) is 0 Å². The maximum Gasteiger partial charge on any atom is 0.0616 e. The Hall–Kier alpha value is -0.0800. The molecule has 0 aromatic carbocycles. The van der Waals surface area contributed by atoms with E-state index in [2.05, 4.69) is 13.8 Å². The molecule has 0 spiro atoms. The van der Waals surface area contributed by atoms with Gasteiger partial charge >= 0.3 is 0 Å². The van der Waals surface area contributed by atoms with Gasteiger partial charge in [0.2, 0.25) is 0 Å². The summed E-state index contributed by atoms with van der Waals surface area (Å²) in [6.45, 7) is 9.78. The first-order chi connectivity index (χ1) is 5.35. The predicted octanol–water partition coefficient (Wildman–Crippen LogP) is 2.35. The van der Waals surface area contributed by atoms with Crippen LogP contribution >= 0.6 is 0 Å². The molecule has 0 aliphatic carbocycles. The minimum Gasteiger partial charge on any atom is -0.390 e. The summed E-state index contributed by atoms with van der Waals surface area (Å²) in [4.78, 5) is 0. The van der Waals surface area contributed by atoms with Gasteiger partial charge in [-0.25, -0.2) is 0 Å². The molecule has 0 aliphatic rings. The Kier molecular flexibility index (Phi) is 4.80. The van der Waals surface area contributed by atoms with E-state index in [1.807, 2.05) is 20.8 Å². The molecule has 0 radical (unpaired) electrons. The SMILES string of the molecule is CCC(C)OC(C)CC(C)(C)O. The molecule has 2 nitrogen and oxygen atoms in total. The maximum absolute atomic E-state index is 9.49. The van der Waals surface area contributed by atoms with E-state index in [9.17, 15) is 5.11 Å². The Morgan fingerprint density at radius 3 is 2.08 bits per heavy atom. The summed E-state index contributed by atoms with van der Waals surface area (Å²) >= 11 is 0. The van der Waals surface area contributed by atoms with Gasteiger partial charge in [0.25, 0.3) is 0 Å². The van der Waals surface area contributed by atoms with Crippen LogP contribution in [0.4, 0.5) is 0 Å². The van der Waals surface area contributed by atoms with Gasteiger partial charge in [-0.2, -0.15) is 0 Å². The van der Waals surface area contributed by atoms with Crippen molar-refractivity contribution < 1.29 is 9.84 Å². The van der Waals surface area contributed by atoms with Crippen LogP contribution in [0.2, 0.25) is 0 Å². The van der Waals surface area contributed by atoms with Crippen molar-refractivity contribution in [2.24, 2.45) is 0 Å². The zero-order valence-electron chi connectivity index (χ0n) is 8.92. The molecule has 0 heterocycles. The van der Waals surface area contributed by atoms with Gasteiger partial charge < -0.3 is 9.84 Å². The highest BCUT2D eigenvalue weighted by Gasteiger charge is 2.18. The Morgan fingerprint density at radius 2 is 1.75 bits per heavy atom. The highest BCUT2D eigenvalue weighted by Crippen LogP contribution is 2.14. The normalized spacial score (nSPS) is 17.5. The van der Waals surface area contributed by atoms with Crippen LogP contribution in [0.1, 0.15) is 47.5 Å². The second-order valence-corrected chi connectivity index (χ2v) is 4.18. The van der Waals surface area contributed by atoms with E-state index < -0.39 is 5.60 Å². The van der Waals surface area contributed by atoms with Gasteiger partial charge in [0.1, 0.15) is 0 Å². The van der Waals surface area contributed by atoms with E-state index in [1.165, 1.54) is 0 Å². The fourth-order valence-electron chi connectivity index (χ4n) is 1.24. The molecule has 74 valence electrons. The first kappa shape index (κ1) is 11.9. The molecule has 0 fully saturated rings. The van der Waals surface area contributed by atoms with Gasteiger partial charge in [-0.3, -0.25) is 0 Å². The van der Waals surface area contributed by atoms with Crippen molar-refractivity contribution in [1.82, 2.24) is 0 Å². The molecule has 12 heavy (non-hydrogen) atoms. The average molecular weight is 174 g/mol. The zero-order chi connectivity index (χ0) is 9.78. The van der Waals surface area contributed by atoms with Crippen LogP contribution in [0.15, 0.2) is 0 Å². The summed E-state index contributed by atoms with van der Waals surface area (Å²) in [6, 6.07) is 0. The lowest BCUT2D eigenvalue weighted by Crippen LogP contribution is -2.28. The molecule has 2 heteroatoms. The Labute approximate surface area is 75.9 Å². The second kappa shape index (κ2) is 4.83. The van der Waals surface area contributed by atoms with E-state index in [4.69, 9.17) is 4.74 Å². The summed E-state index contributed by atoms with van der Waals surface area (Å²) in [6.07, 6.45) is 2.15. The number of hydrogen-bond acceptors (Lipinski definition) is 2. The van der Waals surface area contributed by atoms with Gasteiger partial charge in [-0.1, -0.05) is 6.92 Å². The average Bonchev–Trinajstić information content (AvgIpc) is 1.82. The minimum absolute atomic E-state index is 0.139. The molecule has 0 saturated heterocycles. The second-order valence-electron chi connectivity index (χ2n) is 4.18. The summed E-state index contributed by atoms with van der Waals surface area (Å²) < 4.78 is 5.62. The molecular formula is C10H22O2. The van der Waals surface area contributed by atoms with Crippen LogP contribution in [-0.4, -0.2) is 22.9 Å². The Bertz CT molecular complexity index is 115. The van der Waals surface area contributed by atoms with Gasteiger partial charge in [-0.15, -0.1) is 0 Å². The third kappa shape index (κ3) is 6.62. The minimum atomic E-state index is -0.618. The smallest absolute Gasteiger partial charge is 0.0616 e. The fourth-order valence-corrected chi connectivity index (χ4v) is 1.24. The van der Waals surface area contributed by atoms with Crippen LogP contribution in [-0.2, 0) is 4.74 Å². The quantitative estimate of drug-likeness (QED) is 0.693. The largest absolute Gasteiger partial charge is 0.390 e. The standard InChI is InChI=1S/C10H22O2/c1-6-8(2)12-9(3)7-10(4,5)11/h8-9,11H,6-7H2,1-5H3. The first-order valence-corrected chi connectivity index (χ1v) is 4.73. The van der Waals surface area contributed by atoms with E-state index in [1.54, 1.807) is 0 Å². The topological polar surface area (TPSA) is 29.5 Å². The molecule has 0 bridgehead atoms. The van der Waals surface area contributed by atoms with Gasteiger partial charge in [0, 0.05) is 6.42 Å². The highest BCUT2D eigenvalue weighted by molar-refractivity contribution is 4.69. The number of rotatable bonds is 5. The monoisotopic (exact) mass is 174 g/mol. The highest BCUT2D eigenvalue weighted by atomic mass is 16.5. The van der Waals surface area contributed by atoms with Gasteiger partial charge in [0.05, 0.1) is 17.8 Å². The van der Waals surface area contributed by atoms with Crippen LogP contribution < -0.4 is 0 Å². The lowest BCUT2D eigenvalue weighted by Gasteiger charge is -2.24. The maximum atomic E-state index is 9.49. The van der Waals surface area contributed by atoms with Crippen LogP contribution in [0.5, 0.6) is 0 Å². The molecule has 0 aromatic rings. The van der Waals surface area contributed by atoms with Crippen molar-refractivity contribution in [2.45, 2.75) is 65.3 Å². The molecule has 1 N–H and O–H groups in total. The Morgan fingerprint density at radius 1 is 1.25 bits per heavy atom. The van der Waals surface area contributed by atoms with Crippen LogP contribution in [0.25, 0.3) is 0 Å².